The van der Waals surface area contributed by atoms with Crippen molar-refractivity contribution in [2.75, 3.05) is 24.6 Å². The quantitative estimate of drug-likeness (QED) is 0.844. The second-order valence-electron chi connectivity index (χ2n) is 5.68. The molecular weight excluding hydrogens is 247 g/mol. The highest BCUT2D eigenvalue weighted by Gasteiger charge is 2.35. The molecule has 0 saturated carbocycles. The van der Waals surface area contributed by atoms with Gasteiger partial charge in [-0.3, -0.25) is 4.79 Å². The molecule has 2 rings (SSSR count). The van der Waals surface area contributed by atoms with Gasteiger partial charge in [-0.05, 0) is 29.7 Å². The number of anilines is 1. The summed E-state index contributed by atoms with van der Waals surface area (Å²) in [6.07, 6.45) is 0. The largest absolute Gasteiger partial charge is 0.394 e. The number of nitrogens with zero attached hydrogens (tertiary/aromatic N) is 1. The predicted molar refractivity (Wildman–Crippen MR) is 71.4 cm³/mol. The number of carbonyl (C=O) groups is 1. The van der Waals surface area contributed by atoms with Crippen LogP contribution in [-0.2, 0) is 4.79 Å². The van der Waals surface area contributed by atoms with E-state index in [9.17, 15) is 14.3 Å². The molecule has 1 fully saturated rings. The van der Waals surface area contributed by atoms with Crippen LogP contribution in [0.1, 0.15) is 13.8 Å². The van der Waals surface area contributed by atoms with Gasteiger partial charge in [-0.1, -0.05) is 13.8 Å². The van der Waals surface area contributed by atoms with Gasteiger partial charge in [0.15, 0.2) is 0 Å². The Hall–Kier alpha value is -1.62. The SMILES string of the molecule is CC1(C)CNC(=O)C(CO)N(c2ccc(F)cc2)C1. The van der Waals surface area contributed by atoms with E-state index in [1.807, 2.05) is 18.7 Å². The summed E-state index contributed by atoms with van der Waals surface area (Å²) in [5, 5.41) is 12.3. The molecule has 1 aliphatic heterocycles. The van der Waals surface area contributed by atoms with Crippen molar-refractivity contribution in [1.29, 1.82) is 0 Å². The second-order valence-corrected chi connectivity index (χ2v) is 5.68. The van der Waals surface area contributed by atoms with Crippen LogP contribution in [0.5, 0.6) is 0 Å². The van der Waals surface area contributed by atoms with Gasteiger partial charge in [0, 0.05) is 18.8 Å². The van der Waals surface area contributed by atoms with E-state index in [-0.39, 0.29) is 23.7 Å². The highest BCUT2D eigenvalue weighted by Crippen LogP contribution is 2.26. The van der Waals surface area contributed by atoms with Crippen LogP contribution >= 0.6 is 0 Å². The number of amides is 1. The monoisotopic (exact) mass is 266 g/mol. The van der Waals surface area contributed by atoms with Gasteiger partial charge in [0.25, 0.3) is 0 Å². The Morgan fingerprint density at radius 1 is 1.42 bits per heavy atom. The van der Waals surface area contributed by atoms with Crippen molar-refractivity contribution < 1.29 is 14.3 Å². The van der Waals surface area contributed by atoms with Crippen LogP contribution < -0.4 is 10.2 Å². The molecule has 1 aliphatic rings. The zero-order valence-corrected chi connectivity index (χ0v) is 11.2. The van der Waals surface area contributed by atoms with Gasteiger partial charge in [-0.2, -0.15) is 0 Å². The first kappa shape index (κ1) is 13.8. The highest BCUT2D eigenvalue weighted by molar-refractivity contribution is 5.86. The second kappa shape index (κ2) is 5.17. The average Bonchev–Trinajstić information content (AvgIpc) is 2.47. The molecule has 4 nitrogen and oxygen atoms in total. The Morgan fingerprint density at radius 2 is 2.05 bits per heavy atom. The summed E-state index contributed by atoms with van der Waals surface area (Å²) in [7, 11) is 0. The maximum atomic E-state index is 13.0. The molecular formula is C14H19FN2O2. The molecule has 19 heavy (non-hydrogen) atoms. The van der Waals surface area contributed by atoms with Crippen LogP contribution in [0.3, 0.4) is 0 Å². The lowest BCUT2D eigenvalue weighted by Crippen LogP contribution is -2.47. The number of benzene rings is 1. The molecule has 0 aliphatic carbocycles. The summed E-state index contributed by atoms with van der Waals surface area (Å²) < 4.78 is 13.0. The van der Waals surface area contributed by atoms with E-state index in [1.165, 1.54) is 12.1 Å². The normalized spacial score (nSPS) is 22.8. The Morgan fingerprint density at radius 3 is 2.63 bits per heavy atom. The minimum absolute atomic E-state index is 0.117. The van der Waals surface area contributed by atoms with E-state index < -0.39 is 6.04 Å². The summed E-state index contributed by atoms with van der Waals surface area (Å²) in [6, 6.07) is 5.35. The molecule has 0 bridgehead atoms. The number of aliphatic hydroxyl groups is 1. The molecule has 1 heterocycles. The zero-order valence-electron chi connectivity index (χ0n) is 11.2. The number of nitrogens with one attached hydrogen (secondary N) is 1. The van der Waals surface area contributed by atoms with E-state index in [2.05, 4.69) is 5.32 Å². The number of hydrogen-bond acceptors (Lipinski definition) is 3. The van der Waals surface area contributed by atoms with Crippen LogP contribution in [-0.4, -0.2) is 36.8 Å². The number of rotatable bonds is 2. The fourth-order valence-corrected chi connectivity index (χ4v) is 2.30. The van der Waals surface area contributed by atoms with Crippen molar-refractivity contribution >= 4 is 11.6 Å². The fraction of sp³-hybridized carbons (Fsp3) is 0.500. The zero-order chi connectivity index (χ0) is 14.0. The molecule has 2 N–H and O–H groups in total. The molecule has 1 aromatic carbocycles. The first-order valence-electron chi connectivity index (χ1n) is 6.34. The third-order valence-electron chi connectivity index (χ3n) is 3.35. The molecule has 0 radical (unpaired) electrons. The fourth-order valence-electron chi connectivity index (χ4n) is 2.30. The maximum absolute atomic E-state index is 13.0. The first-order chi connectivity index (χ1) is 8.93. The molecule has 1 unspecified atom stereocenters. The number of halogens is 1. The average molecular weight is 266 g/mol. The molecule has 0 spiro atoms. The van der Waals surface area contributed by atoms with Gasteiger partial charge in [0.1, 0.15) is 11.9 Å². The Kier molecular flexibility index (Phi) is 3.75. The summed E-state index contributed by atoms with van der Waals surface area (Å²) in [5.74, 6) is -0.514. The van der Waals surface area contributed by atoms with Crippen LogP contribution in [0.4, 0.5) is 10.1 Å². The van der Waals surface area contributed by atoms with Crippen LogP contribution in [0.15, 0.2) is 24.3 Å². The third-order valence-corrected chi connectivity index (χ3v) is 3.35. The minimum Gasteiger partial charge on any atom is -0.394 e. The lowest BCUT2D eigenvalue weighted by molar-refractivity contribution is -0.122. The standard InChI is InChI=1S/C14H19FN2O2/c1-14(2)8-16-13(19)12(7-18)17(9-14)11-5-3-10(15)4-6-11/h3-6,12,18H,7-9H2,1-2H3,(H,16,19). The van der Waals surface area contributed by atoms with Gasteiger partial charge in [0.2, 0.25) is 5.91 Å². The summed E-state index contributed by atoms with van der Waals surface area (Å²) in [6.45, 7) is 5.00. The van der Waals surface area contributed by atoms with Crippen molar-refractivity contribution in [2.45, 2.75) is 19.9 Å². The van der Waals surface area contributed by atoms with Gasteiger partial charge < -0.3 is 15.3 Å². The van der Waals surface area contributed by atoms with Crippen molar-refractivity contribution in [3.05, 3.63) is 30.1 Å². The van der Waals surface area contributed by atoms with Crippen molar-refractivity contribution in [2.24, 2.45) is 5.41 Å². The maximum Gasteiger partial charge on any atom is 0.245 e. The van der Waals surface area contributed by atoms with E-state index in [0.717, 1.165) is 5.69 Å². The van der Waals surface area contributed by atoms with E-state index >= 15 is 0 Å². The molecule has 5 heteroatoms. The first-order valence-corrected chi connectivity index (χ1v) is 6.34. The summed E-state index contributed by atoms with van der Waals surface area (Å²) in [5.41, 5.74) is 0.624. The van der Waals surface area contributed by atoms with Crippen molar-refractivity contribution in [3.8, 4) is 0 Å². The van der Waals surface area contributed by atoms with Crippen LogP contribution in [0.25, 0.3) is 0 Å². The molecule has 1 aromatic rings. The molecule has 0 aromatic heterocycles. The van der Waals surface area contributed by atoms with E-state index in [4.69, 9.17) is 0 Å². The third kappa shape index (κ3) is 3.04. The van der Waals surface area contributed by atoms with Crippen molar-refractivity contribution in [3.63, 3.8) is 0 Å². The molecule has 1 atom stereocenters. The lowest BCUT2D eigenvalue weighted by atomic mass is 9.93. The van der Waals surface area contributed by atoms with Gasteiger partial charge in [-0.25, -0.2) is 4.39 Å². The topological polar surface area (TPSA) is 52.6 Å². The predicted octanol–water partition coefficient (Wildman–Crippen LogP) is 1.15. The molecule has 1 amide bonds. The van der Waals surface area contributed by atoms with Gasteiger partial charge >= 0.3 is 0 Å². The van der Waals surface area contributed by atoms with Crippen LogP contribution in [0, 0.1) is 11.2 Å². The van der Waals surface area contributed by atoms with Gasteiger partial charge in [0.05, 0.1) is 6.61 Å². The molecule has 104 valence electrons. The number of aliphatic hydroxyl groups excluding tert-OH is 1. The highest BCUT2D eigenvalue weighted by atomic mass is 19.1. The minimum atomic E-state index is -0.632. The van der Waals surface area contributed by atoms with E-state index in [0.29, 0.717) is 13.1 Å². The summed E-state index contributed by atoms with van der Waals surface area (Å²) >= 11 is 0. The molecule has 1 saturated heterocycles. The Bertz CT molecular complexity index is 459. The Balaban J connectivity index is 2.36. The van der Waals surface area contributed by atoms with Crippen molar-refractivity contribution in [1.82, 2.24) is 5.32 Å². The lowest BCUT2D eigenvalue weighted by Gasteiger charge is -2.33. The smallest absolute Gasteiger partial charge is 0.245 e. The van der Waals surface area contributed by atoms with E-state index in [1.54, 1.807) is 12.1 Å². The number of hydrogen-bond donors (Lipinski definition) is 2. The van der Waals surface area contributed by atoms with Crippen LogP contribution in [0.2, 0.25) is 0 Å². The number of carbonyl (C=O) groups excluding carboxylic acids is 1. The summed E-state index contributed by atoms with van der Waals surface area (Å²) in [4.78, 5) is 13.8. The van der Waals surface area contributed by atoms with Gasteiger partial charge in [-0.15, -0.1) is 0 Å². The Labute approximate surface area is 112 Å².